The summed E-state index contributed by atoms with van der Waals surface area (Å²) < 4.78 is 0.455. The average molecular weight is 225 g/mol. The minimum Gasteiger partial charge on any atom is -0.0795 e. The summed E-state index contributed by atoms with van der Waals surface area (Å²) in [4.78, 5) is 0. The van der Waals surface area contributed by atoms with Crippen LogP contribution in [-0.2, 0) is 0 Å². The van der Waals surface area contributed by atoms with Crippen molar-refractivity contribution in [1.29, 1.82) is 0 Å². The second-order valence-corrected chi connectivity index (χ2v) is 6.02. The number of alkyl halides is 1. The van der Waals surface area contributed by atoms with Gasteiger partial charge in [-0.1, -0.05) is 50.3 Å². The van der Waals surface area contributed by atoms with Crippen LogP contribution in [-0.4, -0.2) is 3.42 Å². The molecule has 0 N–H and O–H groups in total. The van der Waals surface area contributed by atoms with Crippen molar-refractivity contribution in [2.45, 2.75) is 37.5 Å². The molecule has 0 aromatic rings. The van der Waals surface area contributed by atoms with E-state index in [0.29, 0.717) is 3.42 Å². The molecule has 0 rings (SSSR count). The molecule has 8 heavy (non-hydrogen) atoms. The second-order valence-electron chi connectivity index (χ2n) is 3.10. The predicted octanol–water partition coefficient (Wildman–Crippen LogP) is 3.20. The molecule has 0 atom stereocenters. The Labute approximate surface area is 66.2 Å². The topological polar surface area (TPSA) is 0 Å². The summed E-state index contributed by atoms with van der Waals surface area (Å²) in [5.74, 6) is 1.52. The Morgan fingerprint density at radius 1 is 1.38 bits per heavy atom. The SMILES string of the molecule is C[C](C)CC(C)(C)I. The van der Waals surface area contributed by atoms with Crippen LogP contribution in [0.25, 0.3) is 0 Å². The van der Waals surface area contributed by atoms with Crippen LogP contribution in [0.2, 0.25) is 0 Å². The van der Waals surface area contributed by atoms with Crippen LogP contribution in [0.4, 0.5) is 0 Å². The van der Waals surface area contributed by atoms with Crippen molar-refractivity contribution in [3.05, 3.63) is 5.92 Å². The van der Waals surface area contributed by atoms with E-state index in [1.165, 1.54) is 12.3 Å². The van der Waals surface area contributed by atoms with Gasteiger partial charge in [0.05, 0.1) is 0 Å². The molecule has 0 aromatic heterocycles. The monoisotopic (exact) mass is 225 g/mol. The average Bonchev–Trinajstić information content (AvgIpc) is 1.21. The first-order chi connectivity index (χ1) is 3.42. The third-order valence-corrected chi connectivity index (χ3v) is 1.16. The largest absolute Gasteiger partial charge is 0.0795 e. The van der Waals surface area contributed by atoms with E-state index in [0.717, 1.165) is 0 Å². The Morgan fingerprint density at radius 2 is 1.75 bits per heavy atom. The summed E-state index contributed by atoms with van der Waals surface area (Å²) in [7, 11) is 0. The summed E-state index contributed by atoms with van der Waals surface area (Å²) in [6, 6.07) is 0. The summed E-state index contributed by atoms with van der Waals surface area (Å²) in [6.07, 6.45) is 1.23. The van der Waals surface area contributed by atoms with Gasteiger partial charge in [0.1, 0.15) is 0 Å². The highest BCUT2D eigenvalue weighted by Gasteiger charge is 2.13. The fraction of sp³-hybridized carbons (Fsp3) is 0.857. The van der Waals surface area contributed by atoms with Crippen molar-refractivity contribution in [1.82, 2.24) is 0 Å². The molecule has 0 fully saturated rings. The van der Waals surface area contributed by atoms with Gasteiger partial charge in [0.15, 0.2) is 0 Å². The second kappa shape index (κ2) is 3.04. The van der Waals surface area contributed by atoms with E-state index in [4.69, 9.17) is 0 Å². The first-order valence-electron chi connectivity index (χ1n) is 2.90. The lowest BCUT2D eigenvalue weighted by Crippen LogP contribution is -2.10. The zero-order valence-electron chi connectivity index (χ0n) is 6.09. The van der Waals surface area contributed by atoms with E-state index in [9.17, 15) is 0 Å². The van der Waals surface area contributed by atoms with Crippen molar-refractivity contribution in [2.24, 2.45) is 0 Å². The molecule has 1 radical (unpaired) electrons. The lowest BCUT2D eigenvalue weighted by Gasteiger charge is -2.17. The molecular weight excluding hydrogens is 211 g/mol. The maximum absolute atomic E-state index is 2.47. The van der Waals surface area contributed by atoms with Crippen LogP contribution in [0.3, 0.4) is 0 Å². The van der Waals surface area contributed by atoms with Gasteiger partial charge in [-0.25, -0.2) is 0 Å². The molecular formula is C7H14I. The zero-order chi connectivity index (χ0) is 6.78. The Morgan fingerprint density at radius 3 is 1.75 bits per heavy atom. The molecule has 1 heteroatoms. The van der Waals surface area contributed by atoms with E-state index in [1.54, 1.807) is 0 Å². The van der Waals surface area contributed by atoms with Gasteiger partial charge in [-0.2, -0.15) is 0 Å². The first-order valence-corrected chi connectivity index (χ1v) is 3.97. The molecule has 0 aliphatic rings. The highest BCUT2D eigenvalue weighted by Crippen LogP contribution is 2.26. The Balaban J connectivity index is 3.39. The van der Waals surface area contributed by atoms with Crippen molar-refractivity contribution in [3.8, 4) is 0 Å². The summed E-state index contributed by atoms with van der Waals surface area (Å²) in [5.41, 5.74) is 0. The quantitative estimate of drug-likeness (QED) is 0.500. The van der Waals surface area contributed by atoms with Gasteiger partial charge in [0, 0.05) is 3.42 Å². The van der Waals surface area contributed by atoms with Crippen molar-refractivity contribution >= 4 is 22.6 Å². The standard InChI is InChI=1S/C7H14I/c1-6(2)5-7(3,4)8/h5H2,1-4H3. The van der Waals surface area contributed by atoms with Crippen molar-refractivity contribution in [2.75, 3.05) is 0 Å². The van der Waals surface area contributed by atoms with E-state index < -0.39 is 0 Å². The Bertz CT molecular complexity index is 59.3. The van der Waals surface area contributed by atoms with E-state index >= 15 is 0 Å². The summed E-state index contributed by atoms with van der Waals surface area (Å²) >= 11 is 2.47. The number of halogens is 1. The number of hydrogen-bond donors (Lipinski definition) is 0. The van der Waals surface area contributed by atoms with E-state index in [-0.39, 0.29) is 0 Å². The smallest absolute Gasteiger partial charge is 0.0171 e. The number of rotatable bonds is 2. The van der Waals surface area contributed by atoms with Gasteiger partial charge in [-0.3, -0.25) is 0 Å². The van der Waals surface area contributed by atoms with Crippen LogP contribution >= 0.6 is 22.6 Å². The summed E-state index contributed by atoms with van der Waals surface area (Å²) in [6.45, 7) is 8.86. The predicted molar refractivity (Wildman–Crippen MR) is 47.3 cm³/mol. The van der Waals surface area contributed by atoms with Crippen LogP contribution in [0, 0.1) is 5.92 Å². The van der Waals surface area contributed by atoms with Gasteiger partial charge in [0.25, 0.3) is 0 Å². The van der Waals surface area contributed by atoms with Gasteiger partial charge in [0.2, 0.25) is 0 Å². The molecule has 0 spiro atoms. The van der Waals surface area contributed by atoms with Crippen molar-refractivity contribution < 1.29 is 0 Å². The molecule has 0 saturated carbocycles. The molecule has 0 aromatic carbocycles. The third-order valence-electron chi connectivity index (χ3n) is 0.774. The van der Waals surface area contributed by atoms with E-state index in [1.807, 2.05) is 0 Å². The molecule has 0 bridgehead atoms. The highest BCUT2D eigenvalue weighted by molar-refractivity contribution is 14.1. The minimum absolute atomic E-state index is 0.455. The lowest BCUT2D eigenvalue weighted by atomic mass is 10.0. The fourth-order valence-electron chi connectivity index (χ4n) is 0.841. The minimum atomic E-state index is 0.455. The highest BCUT2D eigenvalue weighted by atomic mass is 127. The lowest BCUT2D eigenvalue weighted by molar-refractivity contribution is 0.682. The molecule has 0 saturated heterocycles. The molecule has 49 valence electrons. The zero-order valence-corrected chi connectivity index (χ0v) is 8.24. The third kappa shape index (κ3) is 6.73. The molecule has 0 heterocycles. The van der Waals surface area contributed by atoms with Crippen molar-refractivity contribution in [3.63, 3.8) is 0 Å². The van der Waals surface area contributed by atoms with Crippen LogP contribution < -0.4 is 0 Å². The summed E-state index contributed by atoms with van der Waals surface area (Å²) in [5, 5.41) is 0. The fourth-order valence-corrected chi connectivity index (χ4v) is 1.60. The van der Waals surface area contributed by atoms with Crippen LogP contribution in [0.5, 0.6) is 0 Å². The van der Waals surface area contributed by atoms with Gasteiger partial charge < -0.3 is 0 Å². The molecule has 0 aliphatic heterocycles. The Kier molecular flexibility index (Phi) is 3.32. The van der Waals surface area contributed by atoms with Crippen LogP contribution in [0.15, 0.2) is 0 Å². The van der Waals surface area contributed by atoms with Gasteiger partial charge in [-0.15, -0.1) is 0 Å². The van der Waals surface area contributed by atoms with E-state index in [2.05, 4.69) is 50.3 Å². The molecule has 0 amide bonds. The van der Waals surface area contributed by atoms with Gasteiger partial charge >= 0.3 is 0 Å². The Hall–Kier alpha value is 0.730. The van der Waals surface area contributed by atoms with Crippen LogP contribution in [0.1, 0.15) is 34.1 Å². The maximum atomic E-state index is 2.47. The first kappa shape index (κ1) is 8.73. The maximum Gasteiger partial charge on any atom is 0.0171 e. The normalized spacial score (nSPS) is 12.8. The number of hydrogen-bond acceptors (Lipinski definition) is 0. The van der Waals surface area contributed by atoms with Gasteiger partial charge in [-0.05, 0) is 12.3 Å². The molecule has 0 unspecified atom stereocenters. The molecule has 0 nitrogen and oxygen atoms in total. The molecule has 0 aliphatic carbocycles.